The predicted octanol–water partition coefficient (Wildman–Crippen LogP) is 5.38. The van der Waals surface area contributed by atoms with Crippen molar-refractivity contribution in [2.45, 2.75) is 18.9 Å². The van der Waals surface area contributed by atoms with Crippen LogP contribution in [-0.4, -0.2) is 39.2 Å². The SMILES string of the molecule is NC1CCCN(c2ncc(Nc3ccnc4ccc(-c5cc(Cl)c(O)c(Cl)c5)cc34)cn2)C1. The van der Waals surface area contributed by atoms with Crippen molar-refractivity contribution in [3.63, 3.8) is 0 Å². The van der Waals surface area contributed by atoms with Gasteiger partial charge >= 0.3 is 0 Å². The molecule has 2 aromatic heterocycles. The van der Waals surface area contributed by atoms with Gasteiger partial charge in [0.05, 0.1) is 33.6 Å². The molecule has 0 radical (unpaired) electrons. The highest BCUT2D eigenvalue weighted by Gasteiger charge is 2.18. The summed E-state index contributed by atoms with van der Waals surface area (Å²) in [5, 5.41) is 14.6. The van der Waals surface area contributed by atoms with Crippen LogP contribution in [0.15, 0.2) is 55.0 Å². The fourth-order valence-electron chi connectivity index (χ4n) is 4.06. The Labute approximate surface area is 201 Å². The molecular weight excluding hydrogens is 459 g/mol. The molecule has 0 spiro atoms. The lowest BCUT2D eigenvalue weighted by atomic mass is 10.0. The van der Waals surface area contributed by atoms with Crippen molar-refractivity contribution in [2.24, 2.45) is 5.73 Å². The summed E-state index contributed by atoms with van der Waals surface area (Å²) in [5.74, 6) is 0.570. The van der Waals surface area contributed by atoms with Crippen LogP contribution in [0, 0.1) is 0 Å². The van der Waals surface area contributed by atoms with Gasteiger partial charge in [0, 0.05) is 36.4 Å². The van der Waals surface area contributed by atoms with Crippen molar-refractivity contribution in [1.82, 2.24) is 15.0 Å². The molecule has 3 heterocycles. The molecule has 5 rings (SSSR count). The lowest BCUT2D eigenvalue weighted by Crippen LogP contribution is -2.43. The first-order valence-corrected chi connectivity index (χ1v) is 11.4. The lowest BCUT2D eigenvalue weighted by Gasteiger charge is -2.30. The van der Waals surface area contributed by atoms with Crippen LogP contribution in [-0.2, 0) is 0 Å². The summed E-state index contributed by atoms with van der Waals surface area (Å²) in [4.78, 5) is 15.7. The lowest BCUT2D eigenvalue weighted by molar-refractivity contribution is 0.476. The van der Waals surface area contributed by atoms with E-state index in [0.29, 0.717) is 5.95 Å². The van der Waals surface area contributed by atoms with Crippen LogP contribution in [0.25, 0.3) is 22.0 Å². The van der Waals surface area contributed by atoms with Gasteiger partial charge < -0.3 is 21.1 Å². The zero-order chi connectivity index (χ0) is 22.9. The molecule has 1 aliphatic rings. The van der Waals surface area contributed by atoms with Crippen LogP contribution < -0.4 is 16.0 Å². The second-order valence-electron chi connectivity index (χ2n) is 8.12. The summed E-state index contributed by atoms with van der Waals surface area (Å²) < 4.78 is 0. The first kappa shape index (κ1) is 21.7. The van der Waals surface area contributed by atoms with Crippen molar-refractivity contribution in [2.75, 3.05) is 23.3 Å². The number of fused-ring (bicyclic) bond motifs is 1. The Bertz CT molecular complexity index is 1290. The molecule has 0 aliphatic carbocycles. The topological polar surface area (TPSA) is 100 Å². The van der Waals surface area contributed by atoms with Gasteiger partial charge in [-0.15, -0.1) is 0 Å². The summed E-state index contributed by atoms with van der Waals surface area (Å²) in [5.41, 5.74) is 10.3. The molecule has 4 aromatic rings. The number of benzene rings is 2. The Kier molecular flexibility index (Phi) is 5.93. The number of phenols is 1. The number of piperidine rings is 1. The number of hydrogen-bond donors (Lipinski definition) is 3. The molecule has 1 unspecified atom stereocenters. The fourth-order valence-corrected chi connectivity index (χ4v) is 4.55. The van der Waals surface area contributed by atoms with Gasteiger partial charge in [-0.3, -0.25) is 4.98 Å². The molecule has 7 nitrogen and oxygen atoms in total. The maximum Gasteiger partial charge on any atom is 0.225 e. The molecule has 1 fully saturated rings. The third kappa shape index (κ3) is 4.53. The van der Waals surface area contributed by atoms with E-state index in [1.54, 1.807) is 30.7 Å². The van der Waals surface area contributed by atoms with Gasteiger partial charge in [0.1, 0.15) is 0 Å². The minimum atomic E-state index is -0.123. The summed E-state index contributed by atoms with van der Waals surface area (Å²) >= 11 is 12.2. The number of nitrogens with one attached hydrogen (secondary N) is 1. The van der Waals surface area contributed by atoms with E-state index in [-0.39, 0.29) is 21.8 Å². The highest BCUT2D eigenvalue weighted by molar-refractivity contribution is 6.37. The molecule has 1 atom stereocenters. The third-order valence-corrected chi connectivity index (χ3v) is 6.33. The maximum atomic E-state index is 9.87. The largest absolute Gasteiger partial charge is 0.505 e. The fraction of sp³-hybridized carbons (Fsp3) is 0.208. The molecular formula is C24H22Cl2N6O. The number of aromatic nitrogens is 3. The van der Waals surface area contributed by atoms with Crippen LogP contribution in [0.1, 0.15) is 12.8 Å². The Morgan fingerprint density at radius 2 is 1.76 bits per heavy atom. The molecule has 0 saturated carbocycles. The van der Waals surface area contributed by atoms with E-state index >= 15 is 0 Å². The van der Waals surface area contributed by atoms with E-state index in [2.05, 4.69) is 25.2 Å². The van der Waals surface area contributed by atoms with Gasteiger partial charge in [0.25, 0.3) is 0 Å². The van der Waals surface area contributed by atoms with Crippen LogP contribution in [0.5, 0.6) is 5.75 Å². The number of nitrogens with zero attached hydrogens (tertiary/aromatic N) is 4. The van der Waals surface area contributed by atoms with Gasteiger partial charge in [-0.2, -0.15) is 0 Å². The third-order valence-electron chi connectivity index (χ3n) is 5.75. The summed E-state index contributed by atoms with van der Waals surface area (Å²) in [6.45, 7) is 1.69. The van der Waals surface area contributed by atoms with Gasteiger partial charge in [-0.05, 0) is 54.3 Å². The van der Waals surface area contributed by atoms with Crippen molar-refractivity contribution < 1.29 is 5.11 Å². The van der Waals surface area contributed by atoms with Crippen molar-refractivity contribution in [3.05, 3.63) is 65.0 Å². The molecule has 9 heteroatoms. The monoisotopic (exact) mass is 480 g/mol. The molecule has 1 saturated heterocycles. The number of halogens is 2. The zero-order valence-corrected chi connectivity index (χ0v) is 19.2. The van der Waals surface area contributed by atoms with Crippen LogP contribution in [0.4, 0.5) is 17.3 Å². The second kappa shape index (κ2) is 9.02. The van der Waals surface area contributed by atoms with Crippen molar-refractivity contribution >= 4 is 51.4 Å². The highest BCUT2D eigenvalue weighted by atomic mass is 35.5. The van der Waals surface area contributed by atoms with Crippen LogP contribution in [0.3, 0.4) is 0 Å². The van der Waals surface area contributed by atoms with E-state index in [9.17, 15) is 5.11 Å². The quantitative estimate of drug-likeness (QED) is 0.360. The van der Waals surface area contributed by atoms with Crippen molar-refractivity contribution in [3.8, 4) is 16.9 Å². The Hall–Kier alpha value is -3.13. The van der Waals surface area contributed by atoms with Gasteiger partial charge in [0.15, 0.2) is 5.75 Å². The standard InChI is InChI=1S/C24H22Cl2N6O/c25-19-9-15(10-20(26)23(19)33)14-3-4-21-18(8-14)22(5-6-28-21)31-17-11-29-24(30-12-17)32-7-1-2-16(27)13-32/h3-6,8-12,16,33H,1-2,7,13,27H2,(H,28,31). The number of aromatic hydroxyl groups is 1. The maximum absolute atomic E-state index is 9.87. The molecule has 0 bridgehead atoms. The minimum absolute atomic E-state index is 0.123. The van der Waals surface area contributed by atoms with E-state index < -0.39 is 0 Å². The number of phenolic OH excluding ortho intramolecular Hbond substituents is 1. The number of anilines is 3. The number of rotatable bonds is 4. The first-order chi connectivity index (χ1) is 16.0. The van der Waals surface area contributed by atoms with E-state index in [4.69, 9.17) is 28.9 Å². The highest BCUT2D eigenvalue weighted by Crippen LogP contribution is 2.37. The van der Waals surface area contributed by atoms with Gasteiger partial charge in [0.2, 0.25) is 5.95 Å². The number of nitrogens with two attached hydrogens (primary N) is 1. The van der Waals surface area contributed by atoms with E-state index in [1.165, 1.54) is 0 Å². The molecule has 2 aromatic carbocycles. The van der Waals surface area contributed by atoms with Gasteiger partial charge in [-0.1, -0.05) is 29.3 Å². The summed E-state index contributed by atoms with van der Waals surface area (Å²) in [7, 11) is 0. The molecule has 33 heavy (non-hydrogen) atoms. The van der Waals surface area contributed by atoms with Crippen LogP contribution in [0.2, 0.25) is 10.0 Å². The normalized spacial score (nSPS) is 16.2. The van der Waals surface area contributed by atoms with E-state index in [0.717, 1.165) is 59.3 Å². The summed E-state index contributed by atoms with van der Waals surface area (Å²) in [6.07, 6.45) is 7.39. The molecule has 1 aliphatic heterocycles. The number of pyridine rings is 1. The van der Waals surface area contributed by atoms with E-state index in [1.807, 2.05) is 24.3 Å². The Morgan fingerprint density at radius 3 is 2.48 bits per heavy atom. The van der Waals surface area contributed by atoms with Crippen molar-refractivity contribution in [1.29, 1.82) is 0 Å². The average molecular weight is 481 g/mol. The smallest absolute Gasteiger partial charge is 0.225 e. The molecule has 168 valence electrons. The van der Waals surface area contributed by atoms with Gasteiger partial charge in [-0.25, -0.2) is 9.97 Å². The van der Waals surface area contributed by atoms with Crippen LogP contribution >= 0.6 is 23.2 Å². The Morgan fingerprint density at radius 1 is 1.00 bits per heavy atom. The second-order valence-corrected chi connectivity index (χ2v) is 8.94. The minimum Gasteiger partial charge on any atom is -0.505 e. The zero-order valence-electron chi connectivity index (χ0n) is 17.7. The predicted molar refractivity (Wildman–Crippen MR) is 134 cm³/mol. The summed E-state index contributed by atoms with van der Waals surface area (Å²) in [6, 6.07) is 11.3. The number of hydrogen-bond acceptors (Lipinski definition) is 7. The molecule has 4 N–H and O–H groups in total. The molecule has 0 amide bonds. The first-order valence-electron chi connectivity index (χ1n) is 10.6. The average Bonchev–Trinajstić information content (AvgIpc) is 2.83. The Balaban J connectivity index is 1.44.